The van der Waals surface area contributed by atoms with Gasteiger partial charge in [-0.25, -0.2) is 0 Å². The van der Waals surface area contributed by atoms with E-state index in [-0.39, 0.29) is 0 Å². The summed E-state index contributed by atoms with van der Waals surface area (Å²) < 4.78 is 0. The summed E-state index contributed by atoms with van der Waals surface area (Å²) in [6, 6.07) is 0. The molecule has 1 saturated heterocycles. The zero-order chi connectivity index (χ0) is 13.8. The van der Waals surface area contributed by atoms with Crippen LogP contribution in [0.25, 0.3) is 0 Å². The first-order chi connectivity index (χ1) is 8.33. The summed E-state index contributed by atoms with van der Waals surface area (Å²) in [5.74, 6) is 0.752. The van der Waals surface area contributed by atoms with Crippen molar-refractivity contribution in [2.75, 3.05) is 26.2 Å². The number of nitrogens with one attached hydrogen (secondary N) is 1. The SMILES string of the molecule is CCC1(CC)CN(CC(C)C(C)(C)C)CCCN1. The van der Waals surface area contributed by atoms with Crippen LogP contribution in [0.5, 0.6) is 0 Å². The van der Waals surface area contributed by atoms with Gasteiger partial charge in [-0.05, 0) is 43.7 Å². The monoisotopic (exact) mass is 254 g/mol. The predicted molar refractivity (Wildman–Crippen MR) is 81.0 cm³/mol. The molecule has 1 unspecified atom stereocenters. The molecule has 1 aliphatic heterocycles. The minimum absolute atomic E-state index is 0.355. The second kappa shape index (κ2) is 6.38. The molecule has 108 valence electrons. The number of hydrogen-bond acceptors (Lipinski definition) is 2. The minimum atomic E-state index is 0.355. The van der Waals surface area contributed by atoms with Gasteiger partial charge in [0.1, 0.15) is 0 Å². The number of hydrogen-bond donors (Lipinski definition) is 1. The lowest BCUT2D eigenvalue weighted by Crippen LogP contribution is -2.51. The van der Waals surface area contributed by atoms with Crippen LogP contribution in [-0.4, -0.2) is 36.6 Å². The van der Waals surface area contributed by atoms with E-state index in [0.29, 0.717) is 11.0 Å². The van der Waals surface area contributed by atoms with Crippen LogP contribution in [0.3, 0.4) is 0 Å². The van der Waals surface area contributed by atoms with Gasteiger partial charge in [-0.15, -0.1) is 0 Å². The predicted octanol–water partition coefficient (Wildman–Crippen LogP) is 3.52. The van der Waals surface area contributed by atoms with Crippen LogP contribution in [0.1, 0.15) is 60.8 Å². The van der Waals surface area contributed by atoms with Crippen molar-refractivity contribution in [2.45, 2.75) is 66.3 Å². The van der Waals surface area contributed by atoms with E-state index in [1.54, 1.807) is 0 Å². The van der Waals surface area contributed by atoms with Crippen LogP contribution in [-0.2, 0) is 0 Å². The van der Waals surface area contributed by atoms with E-state index >= 15 is 0 Å². The van der Waals surface area contributed by atoms with Crippen LogP contribution in [0.15, 0.2) is 0 Å². The fourth-order valence-corrected chi connectivity index (χ4v) is 2.76. The molecule has 1 atom stereocenters. The Bertz CT molecular complexity index is 238. The lowest BCUT2D eigenvalue weighted by molar-refractivity contribution is 0.134. The molecule has 0 aromatic heterocycles. The third-order valence-electron chi connectivity index (χ3n) is 5.04. The van der Waals surface area contributed by atoms with E-state index < -0.39 is 0 Å². The summed E-state index contributed by atoms with van der Waals surface area (Å²) >= 11 is 0. The van der Waals surface area contributed by atoms with Gasteiger partial charge in [0.15, 0.2) is 0 Å². The van der Waals surface area contributed by atoms with Gasteiger partial charge in [0.25, 0.3) is 0 Å². The summed E-state index contributed by atoms with van der Waals surface area (Å²) in [6.07, 6.45) is 3.77. The molecule has 2 heteroatoms. The van der Waals surface area contributed by atoms with Crippen molar-refractivity contribution in [3.05, 3.63) is 0 Å². The Hall–Kier alpha value is -0.0800. The number of nitrogens with zero attached hydrogens (tertiary/aromatic N) is 1. The molecule has 1 N–H and O–H groups in total. The standard InChI is InChI=1S/C16H34N2/c1-7-16(8-2)13-18(11-9-10-17-16)12-14(3)15(4,5)6/h14,17H,7-13H2,1-6H3. The molecule has 0 aliphatic carbocycles. The molecule has 2 nitrogen and oxygen atoms in total. The fraction of sp³-hybridized carbons (Fsp3) is 1.00. The molecule has 0 bridgehead atoms. The van der Waals surface area contributed by atoms with Crippen molar-refractivity contribution in [2.24, 2.45) is 11.3 Å². The largest absolute Gasteiger partial charge is 0.310 e. The van der Waals surface area contributed by atoms with Crippen LogP contribution < -0.4 is 5.32 Å². The maximum absolute atomic E-state index is 3.79. The molecular weight excluding hydrogens is 220 g/mol. The van der Waals surface area contributed by atoms with Crippen molar-refractivity contribution >= 4 is 0 Å². The third-order valence-corrected chi connectivity index (χ3v) is 5.04. The van der Waals surface area contributed by atoms with E-state index in [1.807, 2.05) is 0 Å². The second-order valence-corrected chi connectivity index (χ2v) is 7.27. The highest BCUT2D eigenvalue weighted by molar-refractivity contribution is 4.91. The normalized spacial score (nSPS) is 23.7. The van der Waals surface area contributed by atoms with Gasteiger partial charge in [-0.1, -0.05) is 41.5 Å². The Balaban J connectivity index is 2.65. The molecule has 1 aliphatic rings. The summed E-state index contributed by atoms with van der Waals surface area (Å²) in [7, 11) is 0. The van der Waals surface area contributed by atoms with Gasteiger partial charge in [0.2, 0.25) is 0 Å². The lowest BCUT2D eigenvalue weighted by atomic mass is 9.81. The van der Waals surface area contributed by atoms with E-state index in [4.69, 9.17) is 0 Å². The first-order valence-corrected chi connectivity index (χ1v) is 7.80. The minimum Gasteiger partial charge on any atom is -0.310 e. The highest BCUT2D eigenvalue weighted by Crippen LogP contribution is 2.28. The maximum Gasteiger partial charge on any atom is 0.0303 e. The van der Waals surface area contributed by atoms with Crippen LogP contribution in [0.2, 0.25) is 0 Å². The molecule has 0 saturated carbocycles. The second-order valence-electron chi connectivity index (χ2n) is 7.27. The molecule has 0 spiro atoms. The summed E-state index contributed by atoms with van der Waals surface area (Å²) in [4.78, 5) is 2.70. The Labute approximate surface area is 115 Å². The molecule has 0 radical (unpaired) electrons. The first kappa shape index (κ1) is 16.0. The van der Waals surface area contributed by atoms with Crippen LogP contribution in [0.4, 0.5) is 0 Å². The van der Waals surface area contributed by atoms with E-state index in [1.165, 1.54) is 45.4 Å². The van der Waals surface area contributed by atoms with Gasteiger partial charge >= 0.3 is 0 Å². The summed E-state index contributed by atoms with van der Waals surface area (Å²) in [5.41, 5.74) is 0.773. The molecule has 1 fully saturated rings. The molecule has 1 rings (SSSR count). The highest BCUT2D eigenvalue weighted by Gasteiger charge is 2.32. The lowest BCUT2D eigenvalue weighted by Gasteiger charge is -2.38. The molecule has 18 heavy (non-hydrogen) atoms. The molecule has 0 amide bonds. The van der Waals surface area contributed by atoms with Gasteiger partial charge in [0.05, 0.1) is 0 Å². The van der Waals surface area contributed by atoms with Gasteiger partial charge in [-0.2, -0.15) is 0 Å². The summed E-state index contributed by atoms with van der Waals surface area (Å²) in [6.45, 7) is 19.0. The van der Waals surface area contributed by atoms with E-state index in [2.05, 4.69) is 51.8 Å². The molecule has 1 heterocycles. The number of rotatable bonds is 4. The van der Waals surface area contributed by atoms with Gasteiger partial charge < -0.3 is 10.2 Å². The van der Waals surface area contributed by atoms with Crippen molar-refractivity contribution in [1.82, 2.24) is 10.2 Å². The zero-order valence-corrected chi connectivity index (χ0v) is 13.5. The Morgan fingerprint density at radius 2 is 1.83 bits per heavy atom. The fourth-order valence-electron chi connectivity index (χ4n) is 2.76. The van der Waals surface area contributed by atoms with Crippen molar-refractivity contribution in [3.8, 4) is 0 Å². The van der Waals surface area contributed by atoms with Crippen LogP contribution >= 0.6 is 0 Å². The molecular formula is C16H34N2. The Kier molecular flexibility index (Phi) is 5.67. The van der Waals surface area contributed by atoms with E-state index in [9.17, 15) is 0 Å². The van der Waals surface area contributed by atoms with Crippen LogP contribution in [0, 0.1) is 11.3 Å². The van der Waals surface area contributed by atoms with Crippen molar-refractivity contribution < 1.29 is 0 Å². The third kappa shape index (κ3) is 4.24. The van der Waals surface area contributed by atoms with E-state index in [0.717, 1.165) is 5.92 Å². The molecule has 0 aromatic carbocycles. The van der Waals surface area contributed by atoms with Gasteiger partial charge in [0, 0.05) is 18.6 Å². The topological polar surface area (TPSA) is 15.3 Å². The Morgan fingerprint density at radius 3 is 2.33 bits per heavy atom. The maximum atomic E-state index is 3.79. The smallest absolute Gasteiger partial charge is 0.0303 e. The first-order valence-electron chi connectivity index (χ1n) is 7.80. The zero-order valence-electron chi connectivity index (χ0n) is 13.5. The van der Waals surface area contributed by atoms with Gasteiger partial charge in [-0.3, -0.25) is 0 Å². The Morgan fingerprint density at radius 1 is 1.22 bits per heavy atom. The molecule has 0 aromatic rings. The average molecular weight is 254 g/mol. The quantitative estimate of drug-likeness (QED) is 0.826. The van der Waals surface area contributed by atoms with Crippen molar-refractivity contribution in [3.63, 3.8) is 0 Å². The summed E-state index contributed by atoms with van der Waals surface area (Å²) in [5, 5.41) is 3.79. The van der Waals surface area contributed by atoms with Crippen molar-refractivity contribution in [1.29, 1.82) is 0 Å². The average Bonchev–Trinajstić information content (AvgIpc) is 2.51. The highest BCUT2D eigenvalue weighted by atomic mass is 15.2.